The molecule has 1 amide bonds. The first-order chi connectivity index (χ1) is 11.9. The molecule has 134 valence electrons. The molecule has 4 heteroatoms. The summed E-state index contributed by atoms with van der Waals surface area (Å²) in [7, 11) is 3.56. The number of carbonyl (C=O) groups excluding carboxylic acids is 1. The van der Waals surface area contributed by atoms with E-state index in [0.717, 1.165) is 6.54 Å². The molecule has 0 spiro atoms. The highest BCUT2D eigenvalue weighted by atomic mass is 16.5. The maximum Gasteiger partial charge on any atom is 0.241 e. The van der Waals surface area contributed by atoms with E-state index >= 15 is 0 Å². The average Bonchev–Trinajstić information content (AvgIpc) is 2.61. The summed E-state index contributed by atoms with van der Waals surface area (Å²) in [5.74, 6) is 1.14. The van der Waals surface area contributed by atoms with Gasteiger partial charge in [0.25, 0.3) is 0 Å². The zero-order valence-corrected chi connectivity index (χ0v) is 15.7. The van der Waals surface area contributed by atoms with Gasteiger partial charge in [-0.2, -0.15) is 0 Å². The molecule has 0 saturated heterocycles. The van der Waals surface area contributed by atoms with Gasteiger partial charge in [0.1, 0.15) is 5.75 Å². The van der Waals surface area contributed by atoms with Crippen LogP contribution in [0.3, 0.4) is 0 Å². The maximum atomic E-state index is 12.5. The number of nitrogens with zero attached hydrogens (tertiary/aromatic N) is 1. The molecule has 0 radical (unpaired) electrons. The van der Waals surface area contributed by atoms with Gasteiger partial charge in [0.05, 0.1) is 18.8 Å². The molecule has 2 aromatic carbocycles. The second-order valence-corrected chi connectivity index (χ2v) is 6.68. The van der Waals surface area contributed by atoms with Crippen LogP contribution in [0.2, 0.25) is 0 Å². The number of hydrogen-bond acceptors (Lipinski definition) is 3. The molecule has 1 N–H and O–H groups in total. The van der Waals surface area contributed by atoms with Crippen LogP contribution >= 0.6 is 0 Å². The molecule has 2 rings (SSSR count). The second-order valence-electron chi connectivity index (χ2n) is 6.68. The highest BCUT2D eigenvalue weighted by Crippen LogP contribution is 2.23. The minimum atomic E-state index is -0.255. The smallest absolute Gasteiger partial charge is 0.241 e. The summed E-state index contributed by atoms with van der Waals surface area (Å²) in [5, 5.41) is 2.95. The zero-order valence-electron chi connectivity index (χ0n) is 15.7. The van der Waals surface area contributed by atoms with E-state index in [-0.39, 0.29) is 11.9 Å². The van der Waals surface area contributed by atoms with Crippen molar-refractivity contribution in [3.63, 3.8) is 0 Å². The van der Waals surface area contributed by atoms with E-state index in [1.807, 2.05) is 43.1 Å². The zero-order chi connectivity index (χ0) is 18.4. The van der Waals surface area contributed by atoms with Crippen LogP contribution in [0.4, 0.5) is 5.69 Å². The lowest BCUT2D eigenvalue weighted by Gasteiger charge is -2.24. The Kier molecular flexibility index (Phi) is 6.59. The molecule has 2 aromatic rings. The number of para-hydroxylation sites is 2. The molecule has 25 heavy (non-hydrogen) atoms. The highest BCUT2D eigenvalue weighted by molar-refractivity contribution is 5.95. The van der Waals surface area contributed by atoms with Crippen LogP contribution in [0.5, 0.6) is 5.75 Å². The topological polar surface area (TPSA) is 41.6 Å². The Morgan fingerprint density at radius 3 is 2.32 bits per heavy atom. The summed E-state index contributed by atoms with van der Waals surface area (Å²) < 4.78 is 5.28. The summed E-state index contributed by atoms with van der Waals surface area (Å²) in [6.07, 6.45) is 0. The quantitative estimate of drug-likeness (QED) is 0.818. The van der Waals surface area contributed by atoms with E-state index in [1.165, 1.54) is 11.1 Å². The molecule has 0 heterocycles. The van der Waals surface area contributed by atoms with Gasteiger partial charge < -0.3 is 10.1 Å². The third-order valence-electron chi connectivity index (χ3n) is 4.48. The maximum absolute atomic E-state index is 12.5. The fourth-order valence-corrected chi connectivity index (χ4v) is 2.62. The van der Waals surface area contributed by atoms with Crippen molar-refractivity contribution in [2.45, 2.75) is 39.3 Å². The number of carbonyl (C=O) groups is 1. The lowest BCUT2D eigenvalue weighted by Crippen LogP contribution is -2.39. The number of ether oxygens (including phenoxy) is 1. The third kappa shape index (κ3) is 5.07. The van der Waals surface area contributed by atoms with Gasteiger partial charge in [0.15, 0.2) is 0 Å². The molecule has 0 saturated carbocycles. The van der Waals surface area contributed by atoms with Crippen molar-refractivity contribution >= 4 is 11.6 Å². The van der Waals surface area contributed by atoms with E-state index in [4.69, 9.17) is 4.74 Å². The lowest BCUT2D eigenvalue weighted by atomic mass is 10.0. The van der Waals surface area contributed by atoms with E-state index < -0.39 is 0 Å². The Labute approximate surface area is 150 Å². The van der Waals surface area contributed by atoms with Gasteiger partial charge in [-0.05, 0) is 43.1 Å². The van der Waals surface area contributed by atoms with Gasteiger partial charge in [-0.3, -0.25) is 9.69 Å². The fraction of sp³-hybridized carbons (Fsp3) is 0.381. The van der Waals surface area contributed by atoms with Gasteiger partial charge in [-0.1, -0.05) is 50.2 Å². The minimum absolute atomic E-state index is 0.0502. The van der Waals surface area contributed by atoms with Crippen LogP contribution < -0.4 is 10.1 Å². The molecule has 0 aromatic heterocycles. The number of anilines is 1. The number of methoxy groups -OCH3 is 1. The molecule has 4 nitrogen and oxygen atoms in total. The van der Waals surface area contributed by atoms with Crippen molar-refractivity contribution < 1.29 is 9.53 Å². The largest absolute Gasteiger partial charge is 0.495 e. The molecule has 1 atom stereocenters. The monoisotopic (exact) mass is 340 g/mol. The molecule has 0 unspecified atom stereocenters. The Morgan fingerprint density at radius 1 is 1.08 bits per heavy atom. The number of nitrogens with one attached hydrogen (secondary N) is 1. The second kappa shape index (κ2) is 8.67. The molecule has 0 bridgehead atoms. The molecular weight excluding hydrogens is 312 g/mol. The van der Waals surface area contributed by atoms with Crippen molar-refractivity contribution in [2.75, 3.05) is 19.5 Å². The molecule has 0 aliphatic rings. The van der Waals surface area contributed by atoms with Gasteiger partial charge in [-0.15, -0.1) is 0 Å². The molecular formula is C21H28N2O2. The van der Waals surface area contributed by atoms with Crippen LogP contribution in [-0.2, 0) is 11.3 Å². The number of rotatable bonds is 7. The predicted octanol–water partition coefficient (Wildman–Crippen LogP) is 4.28. The van der Waals surface area contributed by atoms with Crippen molar-refractivity contribution in [3.05, 3.63) is 59.7 Å². The Morgan fingerprint density at radius 2 is 1.72 bits per heavy atom. The Balaban J connectivity index is 1.98. The van der Waals surface area contributed by atoms with E-state index in [0.29, 0.717) is 17.4 Å². The molecule has 0 fully saturated rings. The summed E-state index contributed by atoms with van der Waals surface area (Å²) in [4.78, 5) is 14.6. The van der Waals surface area contributed by atoms with Gasteiger partial charge in [-0.25, -0.2) is 0 Å². The van der Waals surface area contributed by atoms with E-state index in [9.17, 15) is 4.79 Å². The SMILES string of the molecule is COc1ccccc1NC(=O)[C@H](C)N(C)Cc1ccc(C(C)C)cc1. The number of amides is 1. The fourth-order valence-electron chi connectivity index (χ4n) is 2.62. The van der Waals surface area contributed by atoms with Gasteiger partial charge >= 0.3 is 0 Å². The van der Waals surface area contributed by atoms with Crippen LogP contribution in [0.15, 0.2) is 48.5 Å². The summed E-state index contributed by atoms with van der Waals surface area (Å²) in [6.45, 7) is 7.00. The molecule has 0 aliphatic heterocycles. The summed E-state index contributed by atoms with van der Waals surface area (Å²) in [6, 6.07) is 15.8. The van der Waals surface area contributed by atoms with Crippen LogP contribution in [0.25, 0.3) is 0 Å². The van der Waals surface area contributed by atoms with Crippen LogP contribution in [0, 0.1) is 0 Å². The Bertz CT molecular complexity index is 695. The van der Waals surface area contributed by atoms with Crippen molar-refractivity contribution in [1.29, 1.82) is 0 Å². The first kappa shape index (κ1) is 19.0. The van der Waals surface area contributed by atoms with Crippen LogP contribution in [0.1, 0.15) is 37.8 Å². The Hall–Kier alpha value is -2.33. The van der Waals surface area contributed by atoms with E-state index in [1.54, 1.807) is 7.11 Å². The number of benzene rings is 2. The highest BCUT2D eigenvalue weighted by Gasteiger charge is 2.19. The summed E-state index contributed by atoms with van der Waals surface area (Å²) >= 11 is 0. The first-order valence-corrected chi connectivity index (χ1v) is 8.65. The van der Waals surface area contributed by atoms with Crippen molar-refractivity contribution in [2.24, 2.45) is 0 Å². The average molecular weight is 340 g/mol. The van der Waals surface area contributed by atoms with Gasteiger partial charge in [0, 0.05) is 6.54 Å². The third-order valence-corrected chi connectivity index (χ3v) is 4.48. The lowest BCUT2D eigenvalue weighted by molar-refractivity contribution is -0.120. The first-order valence-electron chi connectivity index (χ1n) is 8.65. The number of likely N-dealkylation sites (N-methyl/N-ethyl adjacent to an activating group) is 1. The standard InChI is InChI=1S/C21H28N2O2/c1-15(2)18-12-10-17(11-13-18)14-23(4)16(3)21(24)22-19-8-6-7-9-20(19)25-5/h6-13,15-16H,14H2,1-5H3,(H,22,24)/t16-/m0/s1. The van der Waals surface area contributed by atoms with Crippen molar-refractivity contribution in [3.8, 4) is 5.75 Å². The van der Waals surface area contributed by atoms with E-state index in [2.05, 4.69) is 43.4 Å². The summed E-state index contributed by atoms with van der Waals surface area (Å²) in [5.41, 5.74) is 3.22. The normalized spacial score (nSPS) is 12.3. The minimum Gasteiger partial charge on any atom is -0.495 e. The van der Waals surface area contributed by atoms with Gasteiger partial charge in [0.2, 0.25) is 5.91 Å². The van der Waals surface area contributed by atoms with Crippen molar-refractivity contribution in [1.82, 2.24) is 4.90 Å². The number of hydrogen-bond donors (Lipinski definition) is 1. The predicted molar refractivity (Wildman–Crippen MR) is 103 cm³/mol. The molecule has 0 aliphatic carbocycles. The van der Waals surface area contributed by atoms with Crippen LogP contribution in [-0.4, -0.2) is 31.0 Å².